The summed E-state index contributed by atoms with van der Waals surface area (Å²) in [6.45, 7) is 10.7. The van der Waals surface area contributed by atoms with E-state index in [1.165, 1.54) is 28.1 Å². The van der Waals surface area contributed by atoms with Crippen LogP contribution in [0.3, 0.4) is 0 Å². The molecule has 30 heavy (non-hydrogen) atoms. The molecule has 0 atom stereocenters. The average molecular weight is 417 g/mol. The number of carbonyl (C=O) groups excluding carboxylic acids is 1. The van der Waals surface area contributed by atoms with Gasteiger partial charge in [-0.2, -0.15) is 0 Å². The van der Waals surface area contributed by atoms with Crippen LogP contribution in [0.4, 0.5) is 0 Å². The first-order chi connectivity index (χ1) is 14.4. The van der Waals surface area contributed by atoms with Crippen LogP contribution >= 0.6 is 11.3 Å². The van der Waals surface area contributed by atoms with E-state index in [0.717, 1.165) is 27.1 Å². The van der Waals surface area contributed by atoms with Gasteiger partial charge in [0.2, 0.25) is 0 Å². The number of benzene rings is 2. The zero-order valence-electron chi connectivity index (χ0n) is 18.3. The first-order valence-electron chi connectivity index (χ1n) is 10.2. The Morgan fingerprint density at radius 1 is 0.800 bits per heavy atom. The molecule has 3 rings (SSSR count). The fraction of sp³-hybridized carbons (Fsp3) is 0.222. The second kappa shape index (κ2) is 9.73. The van der Waals surface area contributed by atoms with Gasteiger partial charge in [-0.25, -0.2) is 4.79 Å². The predicted octanol–water partition coefficient (Wildman–Crippen LogP) is 7.61. The number of ether oxygens (including phenoxy) is 1. The summed E-state index contributed by atoms with van der Waals surface area (Å²) in [5.74, 6) is -0.266. The van der Waals surface area contributed by atoms with Crippen LogP contribution in [0.15, 0.2) is 77.9 Å². The van der Waals surface area contributed by atoms with Gasteiger partial charge >= 0.3 is 5.97 Å². The molecule has 0 aliphatic rings. The van der Waals surface area contributed by atoms with Crippen molar-refractivity contribution in [1.82, 2.24) is 0 Å². The number of esters is 1. The van der Waals surface area contributed by atoms with Crippen molar-refractivity contribution in [2.75, 3.05) is 6.61 Å². The summed E-state index contributed by atoms with van der Waals surface area (Å²) in [7, 11) is 0. The largest absolute Gasteiger partial charge is 0.462 e. The molecule has 0 aliphatic heterocycles. The van der Waals surface area contributed by atoms with E-state index in [-0.39, 0.29) is 5.97 Å². The predicted molar refractivity (Wildman–Crippen MR) is 128 cm³/mol. The summed E-state index contributed by atoms with van der Waals surface area (Å²) in [4.78, 5) is 14.4. The van der Waals surface area contributed by atoms with E-state index in [4.69, 9.17) is 4.74 Å². The maximum atomic E-state index is 12.6. The molecule has 2 aromatic carbocycles. The minimum absolute atomic E-state index is 0.266. The molecule has 154 valence electrons. The Hall–Kier alpha value is -2.91. The van der Waals surface area contributed by atoms with Crippen LogP contribution in [-0.2, 0) is 4.74 Å². The van der Waals surface area contributed by atoms with E-state index in [1.54, 1.807) is 0 Å². The highest BCUT2D eigenvalue weighted by Gasteiger charge is 2.23. The Morgan fingerprint density at radius 3 is 1.77 bits per heavy atom. The molecule has 0 saturated heterocycles. The molecule has 2 nitrogen and oxygen atoms in total. The lowest BCUT2D eigenvalue weighted by Crippen LogP contribution is -2.01. The van der Waals surface area contributed by atoms with Crippen LogP contribution in [0.1, 0.15) is 65.9 Å². The standard InChI is InChI=1S/C27H28O2S/c1-6-29-27(28)23-17-22(24(18(2)3)20-13-9-7-10-14-20)26(30-23)25(19(4)5)21-15-11-8-12-16-21/h7-17H,6H2,1-5H3. The molecule has 0 aliphatic carbocycles. The van der Waals surface area contributed by atoms with Gasteiger partial charge in [0, 0.05) is 10.4 Å². The number of rotatable bonds is 6. The monoisotopic (exact) mass is 416 g/mol. The number of thiophene rings is 1. The van der Waals surface area contributed by atoms with E-state index in [1.807, 2.05) is 25.1 Å². The average Bonchev–Trinajstić information content (AvgIpc) is 3.14. The summed E-state index contributed by atoms with van der Waals surface area (Å²) in [6, 6.07) is 22.8. The highest BCUT2D eigenvalue weighted by Crippen LogP contribution is 2.41. The molecule has 0 N–H and O–H groups in total. The lowest BCUT2D eigenvalue weighted by Gasteiger charge is -2.16. The summed E-state index contributed by atoms with van der Waals surface area (Å²) >= 11 is 1.51. The van der Waals surface area contributed by atoms with Gasteiger partial charge in [-0.05, 0) is 63.0 Å². The van der Waals surface area contributed by atoms with Crippen LogP contribution < -0.4 is 0 Å². The fourth-order valence-corrected chi connectivity index (χ4v) is 4.87. The van der Waals surface area contributed by atoms with Crippen molar-refractivity contribution in [2.45, 2.75) is 34.6 Å². The van der Waals surface area contributed by atoms with Crippen LogP contribution in [0, 0.1) is 0 Å². The normalized spacial score (nSPS) is 10.4. The van der Waals surface area contributed by atoms with Crippen LogP contribution in [0.5, 0.6) is 0 Å². The maximum Gasteiger partial charge on any atom is 0.348 e. The van der Waals surface area contributed by atoms with E-state index >= 15 is 0 Å². The molecule has 0 radical (unpaired) electrons. The van der Waals surface area contributed by atoms with Gasteiger partial charge in [-0.15, -0.1) is 11.3 Å². The van der Waals surface area contributed by atoms with Crippen LogP contribution in [0.2, 0.25) is 0 Å². The smallest absolute Gasteiger partial charge is 0.348 e. The molecule has 0 spiro atoms. The van der Waals surface area contributed by atoms with E-state index in [0.29, 0.717) is 11.5 Å². The van der Waals surface area contributed by atoms with Crippen molar-refractivity contribution in [3.05, 3.63) is 104 Å². The summed E-state index contributed by atoms with van der Waals surface area (Å²) < 4.78 is 5.33. The van der Waals surface area contributed by atoms with Gasteiger partial charge in [0.05, 0.1) is 6.61 Å². The SMILES string of the molecule is CCOC(=O)c1cc(C(=C(C)C)c2ccccc2)c(C(=C(C)C)c2ccccc2)s1. The highest BCUT2D eigenvalue weighted by atomic mass is 32.1. The molecule has 1 heterocycles. The first kappa shape index (κ1) is 21.8. The van der Waals surface area contributed by atoms with E-state index < -0.39 is 0 Å². The van der Waals surface area contributed by atoms with Gasteiger partial charge in [0.25, 0.3) is 0 Å². The fourth-order valence-electron chi connectivity index (χ4n) is 3.64. The third-order valence-corrected chi connectivity index (χ3v) is 5.96. The molecular formula is C27H28O2S. The summed E-state index contributed by atoms with van der Waals surface area (Å²) in [5, 5.41) is 0. The first-order valence-corrected chi connectivity index (χ1v) is 11.0. The number of hydrogen-bond acceptors (Lipinski definition) is 3. The second-order valence-corrected chi connectivity index (χ2v) is 8.61. The lowest BCUT2D eigenvalue weighted by molar-refractivity contribution is 0.0532. The van der Waals surface area contributed by atoms with Gasteiger partial charge < -0.3 is 4.74 Å². The molecule has 0 bridgehead atoms. The Balaban J connectivity index is 2.31. The molecule has 0 unspecified atom stereocenters. The third-order valence-electron chi connectivity index (χ3n) is 4.83. The van der Waals surface area contributed by atoms with Gasteiger partial charge in [-0.1, -0.05) is 71.8 Å². The summed E-state index contributed by atoms with van der Waals surface area (Å²) in [6.07, 6.45) is 0. The van der Waals surface area contributed by atoms with Crippen molar-refractivity contribution in [3.63, 3.8) is 0 Å². The van der Waals surface area contributed by atoms with Crippen LogP contribution in [0.25, 0.3) is 11.1 Å². The molecule has 0 amide bonds. The Bertz CT molecular complexity index is 999. The van der Waals surface area contributed by atoms with Crippen molar-refractivity contribution in [2.24, 2.45) is 0 Å². The van der Waals surface area contributed by atoms with Gasteiger partial charge in [0.1, 0.15) is 4.88 Å². The zero-order chi connectivity index (χ0) is 21.7. The van der Waals surface area contributed by atoms with Crippen molar-refractivity contribution in [3.8, 4) is 0 Å². The lowest BCUT2D eigenvalue weighted by atomic mass is 9.90. The Morgan fingerprint density at radius 2 is 1.30 bits per heavy atom. The molecule has 1 aromatic heterocycles. The third kappa shape index (κ3) is 4.63. The molecule has 3 aromatic rings. The molecule has 0 saturated carbocycles. The van der Waals surface area contributed by atoms with E-state index in [2.05, 4.69) is 76.2 Å². The van der Waals surface area contributed by atoms with Gasteiger partial charge in [-0.3, -0.25) is 0 Å². The Kier molecular flexibility index (Phi) is 7.07. The molecule has 3 heteroatoms. The number of carbonyl (C=O) groups is 1. The number of allylic oxidation sites excluding steroid dienone is 2. The summed E-state index contributed by atoms with van der Waals surface area (Å²) in [5.41, 5.74) is 8.12. The Labute approximate surface area is 183 Å². The maximum absolute atomic E-state index is 12.6. The zero-order valence-corrected chi connectivity index (χ0v) is 19.1. The molecule has 0 fully saturated rings. The minimum atomic E-state index is -0.266. The van der Waals surface area contributed by atoms with Crippen LogP contribution in [-0.4, -0.2) is 12.6 Å². The number of hydrogen-bond donors (Lipinski definition) is 0. The topological polar surface area (TPSA) is 26.3 Å². The van der Waals surface area contributed by atoms with Crippen molar-refractivity contribution >= 4 is 28.5 Å². The van der Waals surface area contributed by atoms with Gasteiger partial charge in [0.15, 0.2) is 0 Å². The highest BCUT2D eigenvalue weighted by molar-refractivity contribution is 7.15. The molecular weight excluding hydrogens is 388 g/mol. The minimum Gasteiger partial charge on any atom is -0.462 e. The second-order valence-electron chi connectivity index (χ2n) is 7.56. The quantitative estimate of drug-likeness (QED) is 0.387. The van der Waals surface area contributed by atoms with Crippen molar-refractivity contribution in [1.29, 1.82) is 0 Å². The van der Waals surface area contributed by atoms with Crippen molar-refractivity contribution < 1.29 is 9.53 Å². The van der Waals surface area contributed by atoms with E-state index in [9.17, 15) is 4.79 Å².